The van der Waals surface area contributed by atoms with Crippen LogP contribution in [0.4, 0.5) is 18.9 Å². The minimum absolute atomic E-state index is 0.00413. The zero-order valence-corrected chi connectivity index (χ0v) is 15.4. The molecule has 1 atom stereocenters. The van der Waals surface area contributed by atoms with E-state index in [-0.39, 0.29) is 6.04 Å². The number of nitrogens with one attached hydrogen (secondary N) is 2. The number of halogens is 3. The Balaban J connectivity index is 1.65. The van der Waals surface area contributed by atoms with Crippen molar-refractivity contribution in [3.05, 3.63) is 30.3 Å². The van der Waals surface area contributed by atoms with E-state index in [1.165, 1.54) is 10.6 Å². The average Bonchev–Trinajstić information content (AvgIpc) is 3.03. The Hall–Kier alpha value is -1.96. The van der Waals surface area contributed by atoms with Crippen molar-refractivity contribution in [3.63, 3.8) is 0 Å². The van der Waals surface area contributed by atoms with Gasteiger partial charge in [0.25, 0.3) is 0 Å². The molecule has 1 saturated heterocycles. The second-order valence-electron chi connectivity index (χ2n) is 6.59. The van der Waals surface area contributed by atoms with Gasteiger partial charge in [0.1, 0.15) is 0 Å². The van der Waals surface area contributed by atoms with Crippen LogP contribution in [0.2, 0.25) is 0 Å². The van der Waals surface area contributed by atoms with Gasteiger partial charge in [-0.25, -0.2) is 0 Å². The average molecular weight is 371 g/mol. The molecule has 146 valence electrons. The van der Waals surface area contributed by atoms with Gasteiger partial charge in [-0.15, -0.1) is 0 Å². The summed E-state index contributed by atoms with van der Waals surface area (Å²) in [6.45, 7) is 1.64. The fourth-order valence-electron chi connectivity index (χ4n) is 3.07. The number of aliphatic imine (C=N–C) groups is 1. The first-order valence-corrected chi connectivity index (χ1v) is 8.90. The Kier molecular flexibility index (Phi) is 7.56. The predicted molar refractivity (Wildman–Crippen MR) is 99.7 cm³/mol. The Labute approximate surface area is 153 Å². The van der Waals surface area contributed by atoms with Gasteiger partial charge in [0.05, 0.1) is 6.54 Å². The Morgan fingerprint density at radius 3 is 2.69 bits per heavy atom. The molecule has 1 fully saturated rings. The van der Waals surface area contributed by atoms with Gasteiger partial charge in [0, 0.05) is 52.0 Å². The van der Waals surface area contributed by atoms with Gasteiger partial charge in [0.2, 0.25) is 0 Å². The summed E-state index contributed by atoms with van der Waals surface area (Å²) in [5, 5.41) is 6.46. The summed E-state index contributed by atoms with van der Waals surface area (Å²) >= 11 is 0. The second-order valence-corrected chi connectivity index (χ2v) is 6.59. The minimum atomic E-state index is -4.14. The molecule has 1 aliphatic heterocycles. The standard InChI is InChI=1S/C18H28F3N5/c1-22-17(24-15-9-12-26(13-15)14-18(19,20)21)23-10-6-11-25(2)16-7-4-3-5-8-16/h3-5,7-8,15H,6,9-14H2,1-2H3,(H2,22,23,24). The van der Waals surface area contributed by atoms with Crippen molar-refractivity contribution >= 4 is 11.6 Å². The van der Waals surface area contributed by atoms with E-state index in [1.807, 2.05) is 18.2 Å². The van der Waals surface area contributed by atoms with Crippen molar-refractivity contribution in [1.82, 2.24) is 15.5 Å². The van der Waals surface area contributed by atoms with Gasteiger partial charge in [-0.1, -0.05) is 18.2 Å². The van der Waals surface area contributed by atoms with E-state index >= 15 is 0 Å². The van der Waals surface area contributed by atoms with Gasteiger partial charge in [-0.2, -0.15) is 13.2 Å². The molecule has 2 N–H and O–H groups in total. The second kappa shape index (κ2) is 9.66. The Bertz CT molecular complexity index is 562. The molecule has 0 aromatic heterocycles. The monoisotopic (exact) mass is 371 g/mol. The van der Waals surface area contributed by atoms with Crippen molar-refractivity contribution in [1.29, 1.82) is 0 Å². The highest BCUT2D eigenvalue weighted by atomic mass is 19.4. The highest BCUT2D eigenvalue weighted by Gasteiger charge is 2.34. The van der Waals surface area contributed by atoms with Crippen LogP contribution in [0.15, 0.2) is 35.3 Å². The third-order valence-corrected chi connectivity index (χ3v) is 4.40. The molecule has 1 aromatic carbocycles. The van der Waals surface area contributed by atoms with Crippen LogP contribution in [0.1, 0.15) is 12.8 Å². The van der Waals surface area contributed by atoms with Crippen LogP contribution in [0.5, 0.6) is 0 Å². The van der Waals surface area contributed by atoms with Crippen LogP contribution in [0.3, 0.4) is 0 Å². The molecule has 0 amide bonds. The maximum Gasteiger partial charge on any atom is 0.401 e. The van der Waals surface area contributed by atoms with E-state index in [4.69, 9.17) is 0 Å². The lowest BCUT2D eigenvalue weighted by molar-refractivity contribution is -0.143. The summed E-state index contributed by atoms with van der Waals surface area (Å²) in [5.41, 5.74) is 1.17. The quantitative estimate of drug-likeness (QED) is 0.439. The molecule has 0 saturated carbocycles. The zero-order chi connectivity index (χ0) is 19.0. The third-order valence-electron chi connectivity index (χ3n) is 4.40. The van der Waals surface area contributed by atoms with E-state index in [9.17, 15) is 13.2 Å². The molecule has 1 unspecified atom stereocenters. The summed E-state index contributed by atoms with van der Waals surface area (Å²) in [6.07, 6.45) is -2.52. The lowest BCUT2D eigenvalue weighted by Crippen LogP contribution is -2.45. The number of hydrogen-bond donors (Lipinski definition) is 2. The molecule has 0 spiro atoms. The largest absolute Gasteiger partial charge is 0.401 e. The van der Waals surface area contributed by atoms with E-state index < -0.39 is 12.7 Å². The van der Waals surface area contributed by atoms with Gasteiger partial charge in [-0.05, 0) is 25.0 Å². The molecular weight excluding hydrogens is 343 g/mol. The molecule has 26 heavy (non-hydrogen) atoms. The number of benzene rings is 1. The predicted octanol–water partition coefficient (Wildman–Crippen LogP) is 2.31. The molecule has 2 rings (SSSR count). The van der Waals surface area contributed by atoms with Crippen LogP contribution in [-0.2, 0) is 0 Å². The summed E-state index contributed by atoms with van der Waals surface area (Å²) in [6, 6.07) is 10.2. The molecule has 0 aliphatic carbocycles. The molecule has 8 heteroatoms. The first-order valence-electron chi connectivity index (χ1n) is 8.90. The smallest absolute Gasteiger partial charge is 0.375 e. The Morgan fingerprint density at radius 2 is 2.04 bits per heavy atom. The number of rotatable bonds is 7. The van der Waals surface area contributed by atoms with Gasteiger partial charge >= 0.3 is 6.18 Å². The van der Waals surface area contributed by atoms with Gasteiger partial charge < -0.3 is 15.5 Å². The van der Waals surface area contributed by atoms with Crippen LogP contribution < -0.4 is 15.5 Å². The van der Waals surface area contributed by atoms with Crippen molar-refractivity contribution in [2.75, 3.05) is 51.7 Å². The molecule has 0 bridgehead atoms. The minimum Gasteiger partial charge on any atom is -0.375 e. The first-order chi connectivity index (χ1) is 12.4. The molecular formula is C18H28F3N5. The van der Waals surface area contributed by atoms with E-state index in [1.54, 1.807) is 7.05 Å². The van der Waals surface area contributed by atoms with E-state index in [2.05, 4.69) is 39.7 Å². The molecule has 0 radical (unpaired) electrons. The summed E-state index contributed by atoms with van der Waals surface area (Å²) in [5.74, 6) is 0.645. The fourth-order valence-corrected chi connectivity index (χ4v) is 3.07. The van der Waals surface area contributed by atoms with Gasteiger partial charge in [-0.3, -0.25) is 9.89 Å². The van der Waals surface area contributed by atoms with Crippen molar-refractivity contribution in [2.24, 2.45) is 4.99 Å². The number of alkyl halides is 3. The van der Waals surface area contributed by atoms with Crippen molar-refractivity contribution in [2.45, 2.75) is 25.1 Å². The molecule has 1 aliphatic rings. The SMILES string of the molecule is CN=C(NCCCN(C)c1ccccc1)NC1CCN(CC(F)(F)F)C1. The highest BCUT2D eigenvalue weighted by Crippen LogP contribution is 2.19. The van der Waals surface area contributed by atoms with Gasteiger partial charge in [0.15, 0.2) is 5.96 Å². The highest BCUT2D eigenvalue weighted by molar-refractivity contribution is 5.80. The number of nitrogens with zero attached hydrogens (tertiary/aromatic N) is 3. The number of anilines is 1. The normalized spacial score (nSPS) is 18.8. The number of para-hydroxylation sites is 1. The molecule has 5 nitrogen and oxygen atoms in total. The maximum absolute atomic E-state index is 12.5. The molecule has 1 heterocycles. The molecule has 1 aromatic rings. The maximum atomic E-state index is 12.5. The summed E-state index contributed by atoms with van der Waals surface area (Å²) < 4.78 is 37.4. The topological polar surface area (TPSA) is 42.9 Å². The van der Waals surface area contributed by atoms with Crippen LogP contribution in [-0.4, -0.2) is 69.9 Å². The van der Waals surface area contributed by atoms with Crippen LogP contribution >= 0.6 is 0 Å². The van der Waals surface area contributed by atoms with Crippen LogP contribution in [0.25, 0.3) is 0 Å². The van der Waals surface area contributed by atoms with Crippen molar-refractivity contribution < 1.29 is 13.2 Å². The summed E-state index contributed by atoms with van der Waals surface area (Å²) in [7, 11) is 3.73. The lowest BCUT2D eigenvalue weighted by Gasteiger charge is -2.21. The summed E-state index contributed by atoms with van der Waals surface area (Å²) in [4.78, 5) is 7.78. The lowest BCUT2D eigenvalue weighted by atomic mass is 10.2. The number of guanidine groups is 1. The zero-order valence-electron chi connectivity index (χ0n) is 15.4. The van der Waals surface area contributed by atoms with Crippen LogP contribution in [0, 0.1) is 0 Å². The third kappa shape index (κ3) is 7.11. The first kappa shape index (κ1) is 20.4. The Morgan fingerprint density at radius 1 is 1.31 bits per heavy atom. The number of hydrogen-bond acceptors (Lipinski definition) is 3. The fraction of sp³-hybridized carbons (Fsp3) is 0.611. The van der Waals surface area contributed by atoms with Crippen molar-refractivity contribution in [3.8, 4) is 0 Å². The number of likely N-dealkylation sites (tertiary alicyclic amines) is 1. The van der Waals surface area contributed by atoms with E-state index in [0.29, 0.717) is 25.5 Å². The van der Waals surface area contributed by atoms with E-state index in [0.717, 1.165) is 19.5 Å².